The van der Waals surface area contributed by atoms with Crippen molar-refractivity contribution in [3.8, 4) is 0 Å². The van der Waals surface area contributed by atoms with Gasteiger partial charge in [0, 0.05) is 6.54 Å². The van der Waals surface area contributed by atoms with Crippen LogP contribution < -0.4 is 38.9 Å². The molecule has 0 heterocycles. The van der Waals surface area contributed by atoms with Gasteiger partial charge >= 0.3 is 5.97 Å². The molecule has 0 fully saturated rings. The van der Waals surface area contributed by atoms with Gasteiger partial charge in [0.25, 0.3) is 0 Å². The lowest BCUT2D eigenvalue weighted by atomic mass is 9.99. The monoisotopic (exact) mass is 514 g/mol. The molecule has 4 atom stereocenters. The van der Waals surface area contributed by atoms with Gasteiger partial charge in [-0.1, -0.05) is 27.7 Å². The molecule has 0 saturated carbocycles. The molecule has 0 aromatic rings. The number of nitrogens with two attached hydrogens (primary N) is 4. The number of amides is 3. The van der Waals surface area contributed by atoms with Gasteiger partial charge in [-0.3, -0.25) is 19.4 Å². The minimum absolute atomic E-state index is 0.0457. The van der Waals surface area contributed by atoms with Crippen molar-refractivity contribution in [1.29, 1.82) is 0 Å². The predicted octanol–water partition coefficient (Wildman–Crippen LogP) is -1.26. The summed E-state index contributed by atoms with van der Waals surface area (Å²) in [5.74, 6) is -3.14. The van der Waals surface area contributed by atoms with Gasteiger partial charge in [-0.05, 0) is 56.9 Å². The topological polar surface area (TPSA) is 241 Å². The molecule has 3 amide bonds. The SMILES string of the molecule is CC(C)CC(NC(=O)C(N)CCCN=C(N)N)C(=O)NC(C(=O)NC(CCCCN)C(=O)O)C(C)C. The van der Waals surface area contributed by atoms with Crippen LogP contribution in [0.2, 0.25) is 0 Å². The van der Waals surface area contributed by atoms with E-state index in [9.17, 15) is 24.3 Å². The molecule has 0 rings (SSSR count). The van der Waals surface area contributed by atoms with Crippen molar-refractivity contribution in [1.82, 2.24) is 16.0 Å². The Morgan fingerprint density at radius 3 is 1.94 bits per heavy atom. The molecule has 0 spiro atoms. The van der Waals surface area contributed by atoms with Crippen LogP contribution in [0.4, 0.5) is 0 Å². The van der Waals surface area contributed by atoms with E-state index in [1.807, 2.05) is 13.8 Å². The summed E-state index contributed by atoms with van der Waals surface area (Å²) in [6.45, 7) is 8.01. The molecule has 0 aromatic heterocycles. The molecule has 0 aromatic carbocycles. The zero-order valence-corrected chi connectivity index (χ0v) is 22.0. The van der Waals surface area contributed by atoms with Crippen molar-refractivity contribution in [2.75, 3.05) is 13.1 Å². The van der Waals surface area contributed by atoms with Crippen molar-refractivity contribution in [2.45, 2.75) is 90.4 Å². The zero-order valence-electron chi connectivity index (χ0n) is 22.0. The molecule has 208 valence electrons. The number of carbonyl (C=O) groups excluding carboxylic acids is 3. The quantitative estimate of drug-likeness (QED) is 0.0617. The van der Waals surface area contributed by atoms with Crippen LogP contribution in [0.25, 0.3) is 0 Å². The standard InChI is InChI=1S/C23H46N8O5/c1-13(2)12-17(30-19(32)15(25)8-7-11-28-23(26)27)20(33)31-18(14(3)4)21(34)29-16(22(35)36)9-5-6-10-24/h13-18H,5-12,24-25H2,1-4H3,(H,29,34)(H,30,32)(H,31,33)(H,35,36)(H4,26,27,28). The molecule has 0 aliphatic rings. The lowest BCUT2D eigenvalue weighted by Crippen LogP contribution is -2.58. The highest BCUT2D eigenvalue weighted by Crippen LogP contribution is 2.10. The fraction of sp³-hybridized carbons (Fsp3) is 0.783. The average molecular weight is 515 g/mol. The molecule has 0 aliphatic carbocycles. The fourth-order valence-corrected chi connectivity index (χ4v) is 3.43. The highest BCUT2D eigenvalue weighted by molar-refractivity contribution is 5.94. The maximum Gasteiger partial charge on any atom is 0.326 e. The number of guanidine groups is 1. The van der Waals surface area contributed by atoms with Crippen molar-refractivity contribution in [2.24, 2.45) is 39.8 Å². The zero-order chi connectivity index (χ0) is 27.8. The number of carboxylic acid groups (broad SMARTS) is 1. The van der Waals surface area contributed by atoms with Gasteiger partial charge in [-0.2, -0.15) is 0 Å². The van der Waals surface area contributed by atoms with Crippen LogP contribution >= 0.6 is 0 Å². The number of hydrogen-bond donors (Lipinski definition) is 8. The van der Waals surface area contributed by atoms with Crippen LogP contribution in [-0.2, 0) is 19.2 Å². The minimum atomic E-state index is -1.16. The molecule has 4 unspecified atom stereocenters. The smallest absolute Gasteiger partial charge is 0.326 e. The summed E-state index contributed by atoms with van der Waals surface area (Å²) in [6.07, 6.45) is 2.53. The Hall–Kier alpha value is -2.93. The molecule has 0 bridgehead atoms. The summed E-state index contributed by atoms with van der Waals surface area (Å²) in [4.78, 5) is 54.0. The number of rotatable bonds is 18. The highest BCUT2D eigenvalue weighted by atomic mass is 16.4. The normalized spacial score (nSPS) is 14.4. The Kier molecular flexibility index (Phi) is 16.1. The van der Waals surface area contributed by atoms with E-state index in [1.54, 1.807) is 13.8 Å². The second-order valence-corrected chi connectivity index (χ2v) is 9.66. The van der Waals surface area contributed by atoms with Crippen LogP contribution in [0.15, 0.2) is 4.99 Å². The lowest BCUT2D eigenvalue weighted by molar-refractivity contribution is -0.142. The number of aliphatic imine (C=N–C) groups is 1. The Balaban J connectivity index is 5.29. The summed E-state index contributed by atoms with van der Waals surface area (Å²) in [7, 11) is 0. The van der Waals surface area contributed by atoms with Gasteiger partial charge in [-0.15, -0.1) is 0 Å². The summed E-state index contributed by atoms with van der Waals surface area (Å²) in [6, 6.07) is -3.87. The first-order valence-corrected chi connectivity index (χ1v) is 12.4. The van der Waals surface area contributed by atoms with E-state index in [0.29, 0.717) is 45.2 Å². The molecule has 0 aliphatic heterocycles. The van der Waals surface area contributed by atoms with Crippen LogP contribution in [0.5, 0.6) is 0 Å². The van der Waals surface area contributed by atoms with E-state index in [0.717, 1.165) is 0 Å². The summed E-state index contributed by atoms with van der Waals surface area (Å²) in [5, 5.41) is 17.3. The number of unbranched alkanes of at least 4 members (excludes halogenated alkanes) is 1. The first-order chi connectivity index (χ1) is 16.8. The van der Waals surface area contributed by atoms with E-state index in [-0.39, 0.29) is 24.2 Å². The predicted molar refractivity (Wildman–Crippen MR) is 139 cm³/mol. The molecule has 0 saturated heterocycles. The Morgan fingerprint density at radius 1 is 0.833 bits per heavy atom. The molecular formula is C23H46N8O5. The van der Waals surface area contributed by atoms with Crippen molar-refractivity contribution < 1.29 is 24.3 Å². The summed E-state index contributed by atoms with van der Waals surface area (Å²) < 4.78 is 0. The third-order valence-electron chi connectivity index (χ3n) is 5.45. The second kappa shape index (κ2) is 17.5. The minimum Gasteiger partial charge on any atom is -0.480 e. The van der Waals surface area contributed by atoms with Crippen LogP contribution in [0.3, 0.4) is 0 Å². The number of hydrogen-bond acceptors (Lipinski definition) is 7. The van der Waals surface area contributed by atoms with E-state index in [1.165, 1.54) is 0 Å². The molecule has 13 heteroatoms. The highest BCUT2D eigenvalue weighted by Gasteiger charge is 2.32. The average Bonchev–Trinajstić information content (AvgIpc) is 2.77. The summed E-state index contributed by atoms with van der Waals surface area (Å²) >= 11 is 0. The maximum atomic E-state index is 13.1. The number of nitrogens with zero attached hydrogens (tertiary/aromatic N) is 1. The number of carbonyl (C=O) groups is 4. The van der Waals surface area contributed by atoms with E-state index >= 15 is 0 Å². The van der Waals surface area contributed by atoms with Gasteiger partial charge in [0.05, 0.1) is 6.04 Å². The Bertz CT molecular complexity index is 740. The molecule has 12 N–H and O–H groups in total. The van der Waals surface area contributed by atoms with E-state index in [2.05, 4.69) is 20.9 Å². The lowest BCUT2D eigenvalue weighted by Gasteiger charge is -2.27. The third kappa shape index (κ3) is 13.8. The van der Waals surface area contributed by atoms with E-state index in [4.69, 9.17) is 22.9 Å². The second-order valence-electron chi connectivity index (χ2n) is 9.66. The van der Waals surface area contributed by atoms with Gasteiger partial charge in [0.1, 0.15) is 18.1 Å². The fourth-order valence-electron chi connectivity index (χ4n) is 3.43. The Labute approximate surface area is 213 Å². The van der Waals surface area contributed by atoms with Gasteiger partial charge in [0.2, 0.25) is 17.7 Å². The van der Waals surface area contributed by atoms with Crippen molar-refractivity contribution in [3.63, 3.8) is 0 Å². The van der Waals surface area contributed by atoms with Gasteiger partial charge in [0.15, 0.2) is 5.96 Å². The first kappa shape index (κ1) is 33.1. The first-order valence-electron chi connectivity index (χ1n) is 12.4. The van der Waals surface area contributed by atoms with Crippen LogP contribution in [0, 0.1) is 11.8 Å². The Morgan fingerprint density at radius 2 is 1.44 bits per heavy atom. The van der Waals surface area contributed by atoms with Crippen LogP contribution in [0.1, 0.15) is 66.2 Å². The van der Waals surface area contributed by atoms with Gasteiger partial charge < -0.3 is 44.0 Å². The number of aliphatic carboxylic acids is 1. The van der Waals surface area contributed by atoms with Gasteiger partial charge in [-0.25, -0.2) is 4.79 Å². The molecule has 13 nitrogen and oxygen atoms in total. The van der Waals surface area contributed by atoms with Crippen molar-refractivity contribution >= 4 is 29.7 Å². The third-order valence-corrected chi connectivity index (χ3v) is 5.45. The molecule has 36 heavy (non-hydrogen) atoms. The maximum absolute atomic E-state index is 13.1. The molecular weight excluding hydrogens is 468 g/mol. The summed E-state index contributed by atoms with van der Waals surface area (Å²) in [5.41, 5.74) is 22.0. The van der Waals surface area contributed by atoms with E-state index < -0.39 is 47.9 Å². The number of carboxylic acids is 1. The number of nitrogens with one attached hydrogen (secondary N) is 3. The van der Waals surface area contributed by atoms with Crippen molar-refractivity contribution in [3.05, 3.63) is 0 Å². The largest absolute Gasteiger partial charge is 0.480 e. The molecule has 0 radical (unpaired) electrons. The van der Waals surface area contributed by atoms with Crippen LogP contribution in [-0.4, -0.2) is 72.0 Å².